The van der Waals surface area contributed by atoms with Gasteiger partial charge in [-0.3, -0.25) is 4.57 Å². The number of rotatable bonds is 5. The van der Waals surface area contributed by atoms with Gasteiger partial charge in [0.15, 0.2) is 0 Å². The van der Waals surface area contributed by atoms with Crippen molar-refractivity contribution in [1.82, 2.24) is 0 Å². The maximum atomic E-state index is 14.6. The average Bonchev–Trinajstić information content (AvgIpc) is 2.69. The summed E-state index contributed by atoms with van der Waals surface area (Å²) in [4.78, 5) is 0. The molecular formula is C11H19FNO3P. The molecule has 6 heteroatoms. The van der Waals surface area contributed by atoms with Gasteiger partial charge in [0.2, 0.25) is 5.41 Å². The van der Waals surface area contributed by atoms with Crippen LogP contribution in [0.5, 0.6) is 0 Å². The van der Waals surface area contributed by atoms with Crippen molar-refractivity contribution in [3.8, 4) is 6.07 Å². The third-order valence-electron chi connectivity index (χ3n) is 2.69. The molecule has 0 amide bonds. The fourth-order valence-electron chi connectivity index (χ4n) is 1.70. The van der Waals surface area contributed by atoms with Crippen LogP contribution in [0.2, 0.25) is 0 Å². The normalized spacial score (nSPS) is 32.9. The maximum absolute atomic E-state index is 14.6. The lowest BCUT2D eigenvalue weighted by Gasteiger charge is -2.26. The molecule has 0 unspecified atom stereocenters. The van der Waals surface area contributed by atoms with E-state index in [4.69, 9.17) is 14.3 Å². The number of hydrogen-bond acceptors (Lipinski definition) is 4. The second kappa shape index (κ2) is 4.35. The highest BCUT2D eigenvalue weighted by molar-refractivity contribution is 7.56. The minimum atomic E-state index is -3.93. The molecule has 0 bridgehead atoms. The quantitative estimate of drug-likeness (QED) is 0.710. The van der Waals surface area contributed by atoms with Crippen molar-refractivity contribution in [2.24, 2.45) is 5.41 Å². The Kier molecular flexibility index (Phi) is 3.74. The van der Waals surface area contributed by atoms with Crippen LogP contribution in [0, 0.1) is 16.7 Å². The van der Waals surface area contributed by atoms with Crippen molar-refractivity contribution in [1.29, 1.82) is 5.26 Å². The van der Waals surface area contributed by atoms with Crippen molar-refractivity contribution >= 4 is 7.60 Å². The first kappa shape index (κ1) is 14.6. The van der Waals surface area contributed by atoms with Crippen LogP contribution in [-0.4, -0.2) is 17.6 Å². The molecule has 4 nitrogen and oxygen atoms in total. The number of alkyl halides is 1. The standard InChI is InChI=1S/C11H19FNO3P/c1-8(2)15-17(14,16-9(3)4)11(12)6-10(11,5)7-13/h8-9H,6H2,1-5H3/t10-,11+/m0/s1. The monoisotopic (exact) mass is 263 g/mol. The van der Waals surface area contributed by atoms with Crippen LogP contribution in [0.25, 0.3) is 0 Å². The lowest BCUT2D eigenvalue weighted by molar-refractivity contribution is 0.113. The highest BCUT2D eigenvalue weighted by Gasteiger charge is 2.79. The van der Waals surface area contributed by atoms with Gasteiger partial charge in [0, 0.05) is 6.42 Å². The van der Waals surface area contributed by atoms with E-state index in [0.29, 0.717) is 0 Å². The predicted molar refractivity (Wildman–Crippen MR) is 62.2 cm³/mol. The molecule has 0 aromatic rings. The molecule has 0 aromatic carbocycles. The minimum absolute atomic E-state index is 0.104. The third-order valence-corrected chi connectivity index (χ3v) is 5.61. The SMILES string of the molecule is CC(C)OP(=O)(OC(C)C)[C@]1(F)C[C@@]1(C)C#N. The Morgan fingerprint density at radius 2 is 1.71 bits per heavy atom. The Morgan fingerprint density at radius 3 is 1.94 bits per heavy atom. The molecule has 0 N–H and O–H groups in total. The highest BCUT2D eigenvalue weighted by atomic mass is 31.2. The van der Waals surface area contributed by atoms with Crippen LogP contribution >= 0.6 is 7.60 Å². The van der Waals surface area contributed by atoms with Gasteiger partial charge in [0.25, 0.3) is 0 Å². The summed E-state index contributed by atoms with van der Waals surface area (Å²) >= 11 is 0. The first-order chi connectivity index (χ1) is 7.60. The molecule has 0 aromatic heterocycles. The van der Waals surface area contributed by atoms with Crippen LogP contribution in [0.1, 0.15) is 41.0 Å². The van der Waals surface area contributed by atoms with Gasteiger partial charge in [0.1, 0.15) is 5.41 Å². The van der Waals surface area contributed by atoms with Gasteiger partial charge in [0.05, 0.1) is 18.3 Å². The summed E-state index contributed by atoms with van der Waals surface area (Å²) < 4.78 is 37.5. The zero-order chi connectivity index (χ0) is 13.5. The Balaban J connectivity index is 3.02. The molecule has 17 heavy (non-hydrogen) atoms. The van der Waals surface area contributed by atoms with Crippen LogP contribution in [0.4, 0.5) is 4.39 Å². The summed E-state index contributed by atoms with van der Waals surface area (Å²) in [6.45, 7) is 8.07. The summed E-state index contributed by atoms with van der Waals surface area (Å²) in [5.74, 6) is 0. The first-order valence-electron chi connectivity index (χ1n) is 5.67. The van der Waals surface area contributed by atoms with Gasteiger partial charge < -0.3 is 9.05 Å². The summed E-state index contributed by atoms with van der Waals surface area (Å²) in [6, 6.07) is 1.85. The largest absolute Gasteiger partial charge is 0.369 e. The fraction of sp³-hybridized carbons (Fsp3) is 0.909. The topological polar surface area (TPSA) is 59.3 Å². The predicted octanol–water partition coefficient (Wildman–Crippen LogP) is 3.63. The van der Waals surface area contributed by atoms with Crippen molar-refractivity contribution in [2.75, 3.05) is 0 Å². The van der Waals surface area contributed by atoms with E-state index in [1.165, 1.54) is 6.92 Å². The molecule has 0 radical (unpaired) electrons. The zero-order valence-corrected chi connectivity index (χ0v) is 11.8. The molecular weight excluding hydrogens is 244 g/mol. The molecule has 0 spiro atoms. The zero-order valence-electron chi connectivity index (χ0n) is 10.9. The Hall–Kier alpha value is -0.430. The van der Waals surface area contributed by atoms with Crippen LogP contribution in [0.3, 0.4) is 0 Å². The molecule has 1 aliphatic rings. The fourth-order valence-corrected chi connectivity index (χ4v) is 4.35. The van der Waals surface area contributed by atoms with Gasteiger partial charge in [-0.05, 0) is 34.6 Å². The molecule has 98 valence electrons. The van der Waals surface area contributed by atoms with E-state index < -0.39 is 30.6 Å². The lowest BCUT2D eigenvalue weighted by atomic mass is 10.2. The molecule has 1 fully saturated rings. The molecule has 0 aliphatic heterocycles. The van der Waals surface area contributed by atoms with E-state index in [9.17, 15) is 8.96 Å². The number of nitriles is 1. The first-order valence-corrected chi connectivity index (χ1v) is 7.21. The van der Waals surface area contributed by atoms with Gasteiger partial charge in [-0.2, -0.15) is 5.26 Å². The minimum Gasteiger partial charge on any atom is -0.304 e. The second-order valence-electron chi connectivity index (χ2n) is 5.19. The molecule has 2 atom stereocenters. The van der Waals surface area contributed by atoms with Crippen molar-refractivity contribution < 1.29 is 18.0 Å². The molecule has 1 aliphatic carbocycles. The van der Waals surface area contributed by atoms with E-state index in [0.717, 1.165) is 0 Å². The van der Waals surface area contributed by atoms with E-state index in [-0.39, 0.29) is 6.42 Å². The van der Waals surface area contributed by atoms with E-state index in [2.05, 4.69) is 0 Å². The molecule has 0 heterocycles. The van der Waals surface area contributed by atoms with E-state index in [1.54, 1.807) is 27.7 Å². The van der Waals surface area contributed by atoms with Gasteiger partial charge in [-0.15, -0.1) is 0 Å². The molecule has 1 saturated carbocycles. The second-order valence-corrected chi connectivity index (χ2v) is 7.31. The summed E-state index contributed by atoms with van der Waals surface area (Å²) in [7, 11) is -3.93. The number of nitrogens with zero attached hydrogens (tertiary/aromatic N) is 1. The average molecular weight is 263 g/mol. The smallest absolute Gasteiger partial charge is 0.304 e. The van der Waals surface area contributed by atoms with Crippen molar-refractivity contribution in [2.45, 2.75) is 58.7 Å². The van der Waals surface area contributed by atoms with E-state index >= 15 is 0 Å². The summed E-state index contributed by atoms with van der Waals surface area (Å²) in [6.07, 6.45) is -0.945. The van der Waals surface area contributed by atoms with Crippen molar-refractivity contribution in [3.05, 3.63) is 0 Å². The third kappa shape index (κ3) is 2.40. The van der Waals surface area contributed by atoms with Crippen molar-refractivity contribution in [3.63, 3.8) is 0 Å². The molecule has 0 saturated heterocycles. The summed E-state index contributed by atoms with van der Waals surface area (Å²) in [5.41, 5.74) is -1.27. The number of halogens is 1. The number of hydrogen-bond donors (Lipinski definition) is 0. The van der Waals surface area contributed by atoms with Crippen LogP contribution in [0.15, 0.2) is 0 Å². The lowest BCUT2D eigenvalue weighted by Crippen LogP contribution is -2.20. The maximum Gasteiger partial charge on any atom is 0.369 e. The van der Waals surface area contributed by atoms with E-state index in [1.807, 2.05) is 6.07 Å². The van der Waals surface area contributed by atoms with Crippen LogP contribution in [-0.2, 0) is 13.6 Å². The van der Waals surface area contributed by atoms with Gasteiger partial charge in [-0.1, -0.05) is 0 Å². The Labute approximate surface area is 102 Å². The van der Waals surface area contributed by atoms with Gasteiger partial charge in [-0.25, -0.2) is 4.39 Å². The van der Waals surface area contributed by atoms with Gasteiger partial charge >= 0.3 is 7.60 Å². The Bertz CT molecular complexity index is 379. The summed E-state index contributed by atoms with van der Waals surface area (Å²) in [5, 5.41) is 6.73. The Morgan fingerprint density at radius 1 is 1.29 bits per heavy atom. The highest BCUT2D eigenvalue weighted by Crippen LogP contribution is 2.80. The van der Waals surface area contributed by atoms with Crippen LogP contribution < -0.4 is 0 Å². The molecule has 1 rings (SSSR count).